The number of aromatic nitrogens is 16. The molecule has 0 bridgehead atoms. The molecule has 20 rings (SSSR count). The number of rotatable bonds is 20. The molecule has 28 nitrogen and oxygen atoms in total. The number of carbonyl (C=O) groups is 1. The highest BCUT2D eigenvalue weighted by atomic mass is 35.5. The van der Waals surface area contributed by atoms with Crippen molar-refractivity contribution in [2.75, 3.05) is 70.5 Å². The number of aliphatic hydroxyl groups is 2. The number of aliphatic hydroxyl groups excluding tert-OH is 2. The second-order valence-electron chi connectivity index (χ2n) is 39.0. The molecular formula is C105H122Cl8N22O6. The lowest BCUT2D eigenvalue weighted by Gasteiger charge is -2.44. The van der Waals surface area contributed by atoms with Gasteiger partial charge in [0.25, 0.3) is 0 Å². The zero-order valence-corrected chi connectivity index (χ0v) is 87.5. The number of benzene rings is 4. The molecule has 36 heteroatoms. The fraction of sp³-hybridized carbons (Fsp3) is 0.495. The number of piperidine rings is 2. The molecule has 3 N–H and O–H groups in total. The molecule has 15 unspecified atom stereocenters. The molecule has 0 spiro atoms. The SMILES string of the molecule is CC1C=C(c2cnc3c(C#N)nn(C(C)c4ccc(Cl)cc4Cl)c3n2)CCC1N1CCCC1CO.CCN1CCCC(C2CCN(c3cnc4c(C)nn(C(C)c5ccc(Cl)cc5Cl)c4n3)CC2C)C1.Cc1nn(C(C)c2ccc(Cl)cc2Cl)c2nc(C3=CCC(N4CCCC4C(=O)O)C(C)C3)cnc12.Cc1nn(C(C)c2ccc(Cl)cc2Cl)c2nc(C3=CCC(N4CCCC4CO)CC3)cnc12.O=C=O. The van der Waals surface area contributed by atoms with Gasteiger partial charge in [-0.25, -0.2) is 58.6 Å². The van der Waals surface area contributed by atoms with E-state index in [1.165, 1.54) is 50.9 Å². The van der Waals surface area contributed by atoms with Gasteiger partial charge in [-0.05, 0) is 301 Å². The minimum atomic E-state index is -0.709. The van der Waals surface area contributed by atoms with Crippen molar-refractivity contribution in [2.24, 2.45) is 29.6 Å². The van der Waals surface area contributed by atoms with E-state index in [2.05, 4.69) is 100 Å². The molecule has 12 aromatic rings. The summed E-state index contributed by atoms with van der Waals surface area (Å²) in [4.78, 5) is 79.1. The number of carbonyl (C=O) groups excluding carboxylic acids is 2. The van der Waals surface area contributed by atoms with Crippen LogP contribution in [0.2, 0.25) is 40.2 Å². The number of fused-ring (bicyclic) bond motifs is 4. The van der Waals surface area contributed by atoms with Crippen molar-refractivity contribution in [3.63, 3.8) is 0 Å². The highest BCUT2D eigenvalue weighted by Crippen LogP contribution is 2.44. The van der Waals surface area contributed by atoms with E-state index in [1.54, 1.807) is 41.2 Å². The van der Waals surface area contributed by atoms with Crippen molar-refractivity contribution in [3.8, 4) is 6.07 Å². The van der Waals surface area contributed by atoms with E-state index in [4.69, 9.17) is 153 Å². The van der Waals surface area contributed by atoms with Gasteiger partial charge < -0.3 is 25.1 Å². The number of nitriles is 1. The lowest BCUT2D eigenvalue weighted by Crippen LogP contribution is -2.46. The molecule has 5 aliphatic heterocycles. The molecular weight excluding hydrogens is 1950 g/mol. The molecule has 15 atom stereocenters. The molecule has 8 aliphatic rings. The summed E-state index contributed by atoms with van der Waals surface area (Å²) in [6.07, 6.45) is 31.1. The lowest BCUT2D eigenvalue weighted by atomic mass is 9.74. The molecule has 8 aromatic heterocycles. The third kappa shape index (κ3) is 22.8. The van der Waals surface area contributed by atoms with Crippen molar-refractivity contribution >= 4 is 172 Å². The van der Waals surface area contributed by atoms with Gasteiger partial charge in [-0.15, -0.1) is 0 Å². The maximum Gasteiger partial charge on any atom is 0.373 e. The summed E-state index contributed by atoms with van der Waals surface area (Å²) in [5, 5.41) is 62.3. The van der Waals surface area contributed by atoms with E-state index in [0.29, 0.717) is 87.2 Å². The van der Waals surface area contributed by atoms with E-state index in [9.17, 15) is 25.4 Å². The molecule has 744 valence electrons. The standard InChI is InChI=1S/C27H36Cl2N6.C26H28Cl2N6O.C26H29Cl2N5O2.C25H29Cl2N5O.CO2/c1-5-33-11-6-7-20(16-33)22-10-12-34(15-17(22)2)25-14-30-26-18(3)32-35(27(26)31-25)19(4)23-9-8-21(28)13-24(23)29;1-15-10-17(5-8-24(15)33-9-3-4-19(33)14-35)23-13-30-25-22(12-29)32-34(26(25)31-23)16(2)20-7-6-18(27)11-21(20)28;1-14-11-17(6-9-22(14)32-10-4-5-23(32)26(34)35)21-13-29-24-15(2)31-33(25(24)30-21)16(3)19-8-7-18(27)12-20(19)28;1-15-24-25(32(30-15)16(2)21-10-7-18(26)12-22(21)27)29-23(13-28-24)17-5-8-19(9-6-17)31-11-3-4-20(31)14-33;2-1-3/h8-9,13-14,17,19-20,22H,5-7,10-12,15-16H2,1-4H3;6-7,10-11,13,15-16,19,24,35H,3-5,8-9,14H2,1-2H3;6-8,12-14,16,22-23H,4-5,9-11H2,1-3H3,(H,34,35);5,7,10,12-13,16,19-20,33H,3-4,6,8-9,11,14H2,1-2H3;. The summed E-state index contributed by atoms with van der Waals surface area (Å²) in [7, 11) is 0. The van der Waals surface area contributed by atoms with Crippen molar-refractivity contribution in [2.45, 2.75) is 239 Å². The maximum absolute atomic E-state index is 11.7. The third-order valence-corrected chi connectivity index (χ3v) is 32.6. The summed E-state index contributed by atoms with van der Waals surface area (Å²) in [5.41, 5.74) is 18.3. The quantitative estimate of drug-likeness (QED) is 0.0638. The molecule has 3 aliphatic carbocycles. The number of allylic oxidation sites excluding steroid dienone is 3. The Morgan fingerprint density at radius 2 is 0.922 bits per heavy atom. The van der Waals surface area contributed by atoms with Crippen LogP contribution in [0.5, 0.6) is 0 Å². The van der Waals surface area contributed by atoms with Crippen LogP contribution in [0, 0.1) is 61.7 Å². The molecule has 141 heavy (non-hydrogen) atoms. The lowest BCUT2D eigenvalue weighted by molar-refractivity contribution is -0.191. The van der Waals surface area contributed by atoms with Crippen LogP contribution in [0.4, 0.5) is 5.82 Å². The minimum absolute atomic E-state index is 0.0852. The number of hydrogen-bond donors (Lipinski definition) is 3. The predicted octanol–water partition coefficient (Wildman–Crippen LogP) is 22.1. The zero-order chi connectivity index (χ0) is 100. The Hall–Kier alpha value is -9.48. The topological polar surface area (TPSA) is 326 Å². The van der Waals surface area contributed by atoms with Crippen LogP contribution in [0.15, 0.2) is 116 Å². The molecule has 0 amide bonds. The largest absolute Gasteiger partial charge is 0.480 e. The van der Waals surface area contributed by atoms with Crippen molar-refractivity contribution in [3.05, 3.63) is 218 Å². The fourth-order valence-corrected chi connectivity index (χ4v) is 25.1. The van der Waals surface area contributed by atoms with Gasteiger partial charge in [0.2, 0.25) is 0 Å². The Bertz CT molecular complexity index is 6730. The first-order chi connectivity index (χ1) is 67.9. The number of nitrogens with zero attached hydrogens (tertiary/aromatic N) is 22. The normalized spacial score (nSPS) is 23.4. The zero-order valence-electron chi connectivity index (χ0n) is 81.4. The molecule has 4 aromatic carbocycles. The smallest absolute Gasteiger partial charge is 0.373 e. The van der Waals surface area contributed by atoms with Gasteiger partial charge in [-0.2, -0.15) is 35.2 Å². The molecule has 5 saturated heterocycles. The number of anilines is 1. The van der Waals surface area contributed by atoms with Crippen LogP contribution >= 0.6 is 92.8 Å². The van der Waals surface area contributed by atoms with Gasteiger partial charge in [0.1, 0.15) is 40.0 Å². The maximum atomic E-state index is 11.7. The number of aryl methyl sites for hydroxylation is 3. The fourth-order valence-electron chi connectivity index (χ4n) is 22.8. The van der Waals surface area contributed by atoms with Gasteiger partial charge in [0.05, 0.1) is 96.3 Å². The minimum Gasteiger partial charge on any atom is -0.480 e. The van der Waals surface area contributed by atoms with Crippen LogP contribution in [-0.4, -0.2) is 228 Å². The van der Waals surface area contributed by atoms with E-state index >= 15 is 0 Å². The van der Waals surface area contributed by atoms with Gasteiger partial charge in [-0.1, -0.05) is 163 Å². The van der Waals surface area contributed by atoms with Crippen molar-refractivity contribution < 1.29 is 29.7 Å². The number of aliphatic carboxylic acids is 1. The Labute approximate surface area is 862 Å². The summed E-state index contributed by atoms with van der Waals surface area (Å²) in [6.45, 7) is 32.4. The highest BCUT2D eigenvalue weighted by Gasteiger charge is 2.42. The van der Waals surface area contributed by atoms with Gasteiger partial charge >= 0.3 is 12.1 Å². The van der Waals surface area contributed by atoms with Crippen molar-refractivity contribution in [1.82, 2.24) is 98.6 Å². The molecule has 0 saturated carbocycles. The van der Waals surface area contributed by atoms with Gasteiger partial charge in [0.15, 0.2) is 28.3 Å². The number of likely N-dealkylation sites (tertiary alicyclic amines) is 4. The van der Waals surface area contributed by atoms with Crippen LogP contribution < -0.4 is 4.90 Å². The summed E-state index contributed by atoms with van der Waals surface area (Å²) in [6, 6.07) is 25.0. The summed E-state index contributed by atoms with van der Waals surface area (Å²) in [5.74, 6) is 3.15. The first-order valence-electron chi connectivity index (χ1n) is 49.3. The van der Waals surface area contributed by atoms with E-state index in [-0.39, 0.29) is 67.4 Å². The Morgan fingerprint density at radius 3 is 1.39 bits per heavy atom. The van der Waals surface area contributed by atoms with Crippen LogP contribution in [0.25, 0.3) is 61.4 Å². The summed E-state index contributed by atoms with van der Waals surface area (Å²) >= 11 is 50.4. The molecule has 5 fully saturated rings. The Morgan fingerprint density at radius 1 is 0.482 bits per heavy atom. The first-order valence-corrected chi connectivity index (χ1v) is 52.3. The van der Waals surface area contributed by atoms with Crippen LogP contribution in [0.3, 0.4) is 0 Å². The monoisotopic (exact) mass is 2070 g/mol. The van der Waals surface area contributed by atoms with Gasteiger partial charge in [0, 0.05) is 90.0 Å². The van der Waals surface area contributed by atoms with Crippen LogP contribution in [-0.2, 0) is 14.4 Å². The molecule has 13 heterocycles. The van der Waals surface area contributed by atoms with E-state index in [0.717, 1.165) is 228 Å². The van der Waals surface area contributed by atoms with Gasteiger partial charge in [-0.3, -0.25) is 19.5 Å². The Balaban J connectivity index is 0.000000134. The van der Waals surface area contributed by atoms with E-state index in [1.807, 2.05) is 110 Å². The number of carboxylic acid groups (broad SMARTS) is 1. The average molecular weight is 2070 g/mol. The number of hydrogen-bond acceptors (Lipinski definition) is 23. The average Bonchev–Trinajstić information content (AvgIpc) is 1.65. The summed E-state index contributed by atoms with van der Waals surface area (Å²) < 4.78 is 7.48. The predicted molar refractivity (Wildman–Crippen MR) is 558 cm³/mol. The van der Waals surface area contributed by atoms with Crippen molar-refractivity contribution in [1.29, 1.82) is 5.26 Å². The number of halogens is 8. The number of carboxylic acids is 1. The Kier molecular flexibility index (Phi) is 34.3. The highest BCUT2D eigenvalue weighted by molar-refractivity contribution is 6.37. The second kappa shape index (κ2) is 46.3. The first kappa shape index (κ1) is 104. The molecule has 0 radical (unpaired) electrons. The third-order valence-electron chi connectivity index (χ3n) is 30.3. The second-order valence-corrected chi connectivity index (χ2v) is 42.4. The van der Waals surface area contributed by atoms with E-state index < -0.39 is 5.97 Å². The van der Waals surface area contributed by atoms with Crippen LogP contribution in [0.1, 0.15) is 244 Å².